The van der Waals surface area contributed by atoms with Crippen LogP contribution >= 0.6 is 11.3 Å². The van der Waals surface area contributed by atoms with E-state index < -0.39 is 0 Å². The summed E-state index contributed by atoms with van der Waals surface area (Å²) in [6.45, 7) is 1.26. The second-order valence-corrected chi connectivity index (χ2v) is 6.95. The Hall–Kier alpha value is -2.80. The van der Waals surface area contributed by atoms with Crippen LogP contribution in [0, 0.1) is 5.92 Å². The Bertz CT molecular complexity index is 934. The predicted molar refractivity (Wildman–Crippen MR) is 98.6 cm³/mol. The number of para-hydroxylation sites is 1. The van der Waals surface area contributed by atoms with Crippen LogP contribution < -0.4 is 15.0 Å². The second kappa shape index (κ2) is 6.25. The molecule has 1 aromatic heterocycles. The van der Waals surface area contributed by atoms with Crippen molar-refractivity contribution in [3.05, 3.63) is 42.5 Å². The summed E-state index contributed by atoms with van der Waals surface area (Å²) < 4.78 is 6.42. The lowest BCUT2D eigenvalue weighted by Crippen LogP contribution is -2.52. The smallest absolute Gasteiger partial charge is 0.231 e. The van der Waals surface area contributed by atoms with Gasteiger partial charge in [0.05, 0.1) is 17.7 Å². The van der Waals surface area contributed by atoms with Crippen molar-refractivity contribution in [1.29, 1.82) is 0 Å². The number of carbonyl (C=O) groups excluding carboxylic acids is 1. The first-order valence-corrected chi connectivity index (χ1v) is 8.74. The number of hydrogen-bond acceptors (Lipinski definition) is 6. The van der Waals surface area contributed by atoms with Crippen molar-refractivity contribution in [3.8, 4) is 11.5 Å². The highest BCUT2D eigenvalue weighted by molar-refractivity contribution is 7.22. The normalized spacial score (nSPS) is 14.4. The number of amides is 1. The molecule has 4 rings (SSSR count). The molecule has 2 aromatic carbocycles. The summed E-state index contributed by atoms with van der Waals surface area (Å²) in [4.78, 5) is 19.0. The number of fused-ring (bicyclic) bond motifs is 1. The Morgan fingerprint density at radius 3 is 2.88 bits per heavy atom. The lowest BCUT2D eigenvalue weighted by Gasteiger charge is -2.37. The summed E-state index contributed by atoms with van der Waals surface area (Å²) in [6, 6.07) is 12.4. The van der Waals surface area contributed by atoms with Crippen LogP contribution in [0.2, 0.25) is 0 Å². The molecule has 128 valence electrons. The average molecular weight is 355 g/mol. The highest BCUT2D eigenvalue weighted by Gasteiger charge is 2.34. The van der Waals surface area contributed by atoms with Crippen LogP contribution in [0.4, 0.5) is 10.8 Å². The number of thiazole rings is 1. The monoisotopic (exact) mass is 355 g/mol. The van der Waals surface area contributed by atoms with Gasteiger partial charge in [-0.25, -0.2) is 4.98 Å². The highest BCUT2D eigenvalue weighted by Crippen LogP contribution is 2.36. The number of phenols is 1. The number of phenolic OH excluding ortho intramolecular Hbond substituents is 1. The molecule has 0 unspecified atom stereocenters. The van der Waals surface area contributed by atoms with Gasteiger partial charge in [-0.15, -0.1) is 0 Å². The van der Waals surface area contributed by atoms with E-state index in [1.165, 1.54) is 6.07 Å². The summed E-state index contributed by atoms with van der Waals surface area (Å²) in [5, 5.41) is 13.2. The molecule has 1 aliphatic heterocycles. The Balaban J connectivity index is 1.42. The van der Waals surface area contributed by atoms with Crippen LogP contribution in [-0.2, 0) is 4.79 Å². The number of hydrogen-bond donors (Lipinski definition) is 2. The minimum absolute atomic E-state index is 0.0412. The number of ether oxygens (including phenoxy) is 1. The van der Waals surface area contributed by atoms with Gasteiger partial charge >= 0.3 is 0 Å². The van der Waals surface area contributed by atoms with Crippen LogP contribution in [0.1, 0.15) is 0 Å². The molecule has 0 spiro atoms. The third kappa shape index (κ3) is 2.98. The summed E-state index contributed by atoms with van der Waals surface area (Å²) in [6.07, 6.45) is 0. The van der Waals surface area contributed by atoms with Crippen LogP contribution in [0.15, 0.2) is 42.5 Å². The van der Waals surface area contributed by atoms with Gasteiger partial charge in [0.15, 0.2) is 5.13 Å². The zero-order valence-corrected chi connectivity index (χ0v) is 14.4. The molecule has 0 atom stereocenters. The van der Waals surface area contributed by atoms with Gasteiger partial charge in [0, 0.05) is 24.8 Å². The number of nitrogens with one attached hydrogen (secondary N) is 1. The average Bonchev–Trinajstić information content (AvgIpc) is 2.96. The summed E-state index contributed by atoms with van der Waals surface area (Å²) >= 11 is 1.60. The van der Waals surface area contributed by atoms with Crippen molar-refractivity contribution in [2.75, 3.05) is 30.4 Å². The maximum atomic E-state index is 12.3. The number of rotatable bonds is 4. The molecule has 1 aliphatic rings. The minimum Gasteiger partial charge on any atom is -0.508 e. The molecule has 2 heterocycles. The number of aromatic hydroxyl groups is 1. The molecule has 0 aliphatic carbocycles. The van der Waals surface area contributed by atoms with Crippen molar-refractivity contribution >= 4 is 38.3 Å². The van der Waals surface area contributed by atoms with E-state index in [1.54, 1.807) is 36.6 Å². The van der Waals surface area contributed by atoms with Gasteiger partial charge in [0.1, 0.15) is 17.0 Å². The number of nitrogens with zero attached hydrogens (tertiary/aromatic N) is 2. The third-order valence-corrected chi connectivity index (χ3v) is 5.31. The van der Waals surface area contributed by atoms with Crippen molar-refractivity contribution in [3.63, 3.8) is 0 Å². The number of methoxy groups -OCH3 is 1. The maximum Gasteiger partial charge on any atom is 0.231 e. The molecule has 0 radical (unpaired) electrons. The number of anilines is 2. The molecule has 2 N–H and O–H groups in total. The van der Waals surface area contributed by atoms with Gasteiger partial charge in [-0.2, -0.15) is 0 Å². The van der Waals surface area contributed by atoms with E-state index in [0.29, 0.717) is 18.8 Å². The molecular formula is C18H17N3O3S. The van der Waals surface area contributed by atoms with E-state index in [2.05, 4.69) is 15.2 Å². The summed E-state index contributed by atoms with van der Waals surface area (Å²) in [7, 11) is 1.64. The standard InChI is InChI=1S/C18H17N3O3S/c1-24-14-6-3-7-15-16(14)20-18(25-15)21-9-11(10-21)17(23)19-12-4-2-5-13(22)8-12/h2-8,11,22H,9-10H2,1H3,(H,19,23). The maximum absolute atomic E-state index is 12.3. The van der Waals surface area contributed by atoms with Gasteiger partial charge in [-0.1, -0.05) is 23.5 Å². The van der Waals surface area contributed by atoms with E-state index in [9.17, 15) is 9.90 Å². The van der Waals surface area contributed by atoms with Gasteiger partial charge in [0.2, 0.25) is 5.91 Å². The molecule has 0 bridgehead atoms. The lowest BCUT2D eigenvalue weighted by atomic mass is 10.00. The SMILES string of the molecule is COc1cccc2sc(N3CC(C(=O)Nc4cccc(O)c4)C3)nc12. The zero-order valence-electron chi connectivity index (χ0n) is 13.6. The largest absolute Gasteiger partial charge is 0.508 e. The Morgan fingerprint density at radius 1 is 1.32 bits per heavy atom. The van der Waals surface area contributed by atoms with Crippen molar-refractivity contribution in [1.82, 2.24) is 4.98 Å². The summed E-state index contributed by atoms with van der Waals surface area (Å²) in [5.41, 5.74) is 1.46. The third-order valence-electron chi connectivity index (χ3n) is 4.23. The van der Waals surface area contributed by atoms with Crippen LogP contribution in [0.3, 0.4) is 0 Å². The van der Waals surface area contributed by atoms with Gasteiger partial charge < -0.3 is 20.1 Å². The summed E-state index contributed by atoms with van der Waals surface area (Å²) in [5.74, 6) is 0.770. The quantitative estimate of drug-likeness (QED) is 0.752. The first-order valence-electron chi connectivity index (χ1n) is 7.92. The molecule has 25 heavy (non-hydrogen) atoms. The fourth-order valence-corrected chi connectivity index (χ4v) is 3.84. The van der Waals surface area contributed by atoms with Crippen LogP contribution in [0.5, 0.6) is 11.5 Å². The first-order chi connectivity index (χ1) is 12.1. The molecule has 6 nitrogen and oxygen atoms in total. The fraction of sp³-hybridized carbons (Fsp3) is 0.222. The van der Waals surface area contributed by atoms with E-state index >= 15 is 0 Å². The van der Waals surface area contributed by atoms with Crippen LogP contribution in [0.25, 0.3) is 10.2 Å². The van der Waals surface area contributed by atoms with Gasteiger partial charge in [-0.05, 0) is 24.3 Å². The number of aromatic nitrogens is 1. The van der Waals surface area contributed by atoms with E-state index in [0.717, 1.165) is 21.1 Å². The molecular weight excluding hydrogens is 338 g/mol. The second-order valence-electron chi connectivity index (χ2n) is 5.94. The topological polar surface area (TPSA) is 74.7 Å². The van der Waals surface area contributed by atoms with E-state index in [1.807, 2.05) is 18.2 Å². The van der Waals surface area contributed by atoms with E-state index in [-0.39, 0.29) is 17.6 Å². The Labute approximate surface area is 148 Å². The van der Waals surface area contributed by atoms with E-state index in [4.69, 9.17) is 4.74 Å². The fourth-order valence-electron chi connectivity index (χ4n) is 2.84. The van der Waals surface area contributed by atoms with Gasteiger partial charge in [0.25, 0.3) is 0 Å². The van der Waals surface area contributed by atoms with Crippen LogP contribution in [-0.4, -0.2) is 36.2 Å². The Morgan fingerprint density at radius 2 is 2.12 bits per heavy atom. The van der Waals surface area contributed by atoms with Crippen molar-refractivity contribution < 1.29 is 14.6 Å². The predicted octanol–water partition coefficient (Wildman–Crippen LogP) is 3.09. The van der Waals surface area contributed by atoms with Gasteiger partial charge in [-0.3, -0.25) is 4.79 Å². The molecule has 3 aromatic rings. The molecule has 7 heteroatoms. The molecule has 0 saturated carbocycles. The lowest BCUT2D eigenvalue weighted by molar-refractivity contribution is -0.120. The Kier molecular flexibility index (Phi) is 3.93. The highest BCUT2D eigenvalue weighted by atomic mass is 32.1. The molecule has 1 fully saturated rings. The van der Waals surface area contributed by atoms with Crippen molar-refractivity contribution in [2.45, 2.75) is 0 Å². The number of benzene rings is 2. The number of carbonyl (C=O) groups is 1. The molecule has 1 amide bonds. The van der Waals surface area contributed by atoms with Crippen molar-refractivity contribution in [2.24, 2.45) is 5.92 Å². The first kappa shape index (κ1) is 15.7. The zero-order chi connectivity index (χ0) is 17.4. The minimum atomic E-state index is -0.0868. The molecule has 1 saturated heterocycles.